The lowest BCUT2D eigenvalue weighted by Crippen LogP contribution is -2.31. The minimum absolute atomic E-state index is 0.00147. The molecule has 0 bridgehead atoms. The number of nitrogens with zero attached hydrogens (tertiary/aromatic N) is 3. The fraction of sp³-hybridized carbons (Fsp3) is 0.214. The van der Waals surface area contributed by atoms with Gasteiger partial charge in [-0.15, -0.1) is 0 Å². The average Bonchev–Trinajstić information content (AvgIpc) is 2.48. The fourth-order valence-electron chi connectivity index (χ4n) is 1.87. The molecule has 1 aromatic carbocycles. The number of carbonyl (C=O) groups excluding carboxylic acids is 1. The molecular formula is C14H11ClF3N3O. The van der Waals surface area contributed by atoms with Crippen LogP contribution in [0.5, 0.6) is 0 Å². The molecule has 0 aliphatic carbocycles. The predicted octanol–water partition coefficient (Wildman–Crippen LogP) is 3.82. The molecule has 1 heterocycles. The first kappa shape index (κ1) is 16.2. The molecule has 0 spiro atoms. The third kappa shape index (κ3) is 3.36. The number of benzene rings is 1. The maximum Gasteiger partial charge on any atom is 0.416 e. The first-order valence-corrected chi connectivity index (χ1v) is 6.67. The molecule has 4 nitrogen and oxygen atoms in total. The summed E-state index contributed by atoms with van der Waals surface area (Å²) in [5.74, 6) is -0.505. The summed E-state index contributed by atoms with van der Waals surface area (Å²) >= 11 is 5.87. The van der Waals surface area contributed by atoms with E-state index in [0.29, 0.717) is 5.69 Å². The van der Waals surface area contributed by atoms with Crippen LogP contribution in [-0.2, 0) is 6.18 Å². The van der Waals surface area contributed by atoms with Crippen LogP contribution >= 0.6 is 11.6 Å². The lowest BCUT2D eigenvalue weighted by Gasteiger charge is -2.21. The molecule has 0 saturated heterocycles. The van der Waals surface area contributed by atoms with Crippen molar-refractivity contribution in [2.45, 2.75) is 13.1 Å². The summed E-state index contributed by atoms with van der Waals surface area (Å²) in [6.45, 7) is 1.95. The second-order valence-corrected chi connectivity index (χ2v) is 4.72. The van der Waals surface area contributed by atoms with Gasteiger partial charge in [-0.3, -0.25) is 4.79 Å². The second-order valence-electron chi connectivity index (χ2n) is 4.31. The van der Waals surface area contributed by atoms with E-state index in [1.165, 1.54) is 29.6 Å². The van der Waals surface area contributed by atoms with E-state index < -0.39 is 17.6 Å². The van der Waals surface area contributed by atoms with E-state index in [-0.39, 0.29) is 17.3 Å². The molecule has 22 heavy (non-hydrogen) atoms. The summed E-state index contributed by atoms with van der Waals surface area (Å²) in [5.41, 5.74) is -0.451. The van der Waals surface area contributed by atoms with Crippen molar-refractivity contribution in [2.24, 2.45) is 0 Å². The summed E-state index contributed by atoms with van der Waals surface area (Å²) in [5, 5.41) is 0.0814. The van der Waals surface area contributed by atoms with E-state index >= 15 is 0 Å². The predicted molar refractivity (Wildman–Crippen MR) is 75.8 cm³/mol. The highest BCUT2D eigenvalue weighted by molar-refractivity contribution is 6.34. The number of alkyl halides is 3. The van der Waals surface area contributed by atoms with Crippen LogP contribution in [-0.4, -0.2) is 22.4 Å². The highest BCUT2D eigenvalue weighted by Crippen LogP contribution is 2.30. The van der Waals surface area contributed by atoms with Gasteiger partial charge >= 0.3 is 6.18 Å². The van der Waals surface area contributed by atoms with Crippen molar-refractivity contribution in [1.29, 1.82) is 0 Å². The van der Waals surface area contributed by atoms with Crippen molar-refractivity contribution in [3.8, 4) is 0 Å². The Kier molecular flexibility index (Phi) is 4.65. The van der Waals surface area contributed by atoms with Crippen LogP contribution in [0.15, 0.2) is 36.8 Å². The third-order valence-electron chi connectivity index (χ3n) is 2.94. The molecule has 0 aliphatic heterocycles. The Morgan fingerprint density at radius 1 is 1.27 bits per heavy atom. The van der Waals surface area contributed by atoms with E-state index in [9.17, 15) is 18.0 Å². The molecule has 0 unspecified atom stereocenters. The van der Waals surface area contributed by atoms with Gasteiger partial charge in [0.15, 0.2) is 5.69 Å². The van der Waals surface area contributed by atoms with Gasteiger partial charge in [0, 0.05) is 18.4 Å². The molecule has 0 aliphatic rings. The molecule has 0 N–H and O–H groups in total. The van der Waals surface area contributed by atoms with Gasteiger partial charge in [0.05, 0.1) is 10.6 Å². The van der Waals surface area contributed by atoms with Gasteiger partial charge in [-0.1, -0.05) is 11.6 Å². The van der Waals surface area contributed by atoms with E-state index in [2.05, 4.69) is 9.97 Å². The van der Waals surface area contributed by atoms with Crippen LogP contribution in [0.4, 0.5) is 18.9 Å². The molecule has 0 atom stereocenters. The molecule has 2 aromatic rings. The van der Waals surface area contributed by atoms with Crippen LogP contribution in [0.25, 0.3) is 0 Å². The van der Waals surface area contributed by atoms with E-state index in [1.54, 1.807) is 6.92 Å². The molecule has 116 valence electrons. The van der Waals surface area contributed by atoms with Crippen molar-refractivity contribution in [3.63, 3.8) is 0 Å². The Morgan fingerprint density at radius 3 is 2.41 bits per heavy atom. The minimum Gasteiger partial charge on any atom is -0.307 e. The highest BCUT2D eigenvalue weighted by Gasteiger charge is 2.30. The minimum atomic E-state index is -4.42. The van der Waals surface area contributed by atoms with Gasteiger partial charge in [0.25, 0.3) is 5.91 Å². The first-order chi connectivity index (χ1) is 10.3. The van der Waals surface area contributed by atoms with Crippen molar-refractivity contribution >= 4 is 23.2 Å². The van der Waals surface area contributed by atoms with Crippen LogP contribution in [0.3, 0.4) is 0 Å². The SMILES string of the molecule is CCN(C(=O)c1ncncc1Cl)c1ccc(C(F)(F)F)cc1. The maximum atomic E-state index is 12.6. The van der Waals surface area contributed by atoms with Gasteiger partial charge in [0.2, 0.25) is 0 Å². The number of hydrogen-bond acceptors (Lipinski definition) is 3. The Morgan fingerprint density at radius 2 is 1.91 bits per heavy atom. The first-order valence-electron chi connectivity index (χ1n) is 6.29. The number of rotatable bonds is 3. The lowest BCUT2D eigenvalue weighted by molar-refractivity contribution is -0.137. The maximum absolute atomic E-state index is 12.6. The molecular weight excluding hydrogens is 319 g/mol. The standard InChI is InChI=1S/C14H11ClF3N3O/c1-2-21(13(22)12-11(15)7-19-8-20-12)10-5-3-9(4-6-10)14(16,17)18/h3-8H,2H2,1H3. The van der Waals surface area contributed by atoms with Gasteiger partial charge in [-0.05, 0) is 31.2 Å². The summed E-state index contributed by atoms with van der Waals surface area (Å²) in [7, 11) is 0. The van der Waals surface area contributed by atoms with Gasteiger partial charge in [-0.25, -0.2) is 9.97 Å². The zero-order valence-corrected chi connectivity index (χ0v) is 12.2. The number of aromatic nitrogens is 2. The lowest BCUT2D eigenvalue weighted by atomic mass is 10.2. The second kappa shape index (κ2) is 6.31. The Labute approximate surface area is 129 Å². The monoisotopic (exact) mass is 329 g/mol. The number of anilines is 1. The molecule has 1 amide bonds. The highest BCUT2D eigenvalue weighted by atomic mass is 35.5. The number of amides is 1. The van der Waals surface area contributed by atoms with E-state index in [4.69, 9.17) is 11.6 Å². The molecule has 1 aromatic heterocycles. The zero-order valence-electron chi connectivity index (χ0n) is 11.4. The third-order valence-corrected chi connectivity index (χ3v) is 3.21. The Hall–Kier alpha value is -2.15. The zero-order chi connectivity index (χ0) is 16.3. The summed E-state index contributed by atoms with van der Waals surface area (Å²) in [4.78, 5) is 21.2. The molecule has 2 rings (SSSR count). The summed E-state index contributed by atoms with van der Waals surface area (Å²) in [6, 6.07) is 4.32. The van der Waals surface area contributed by atoms with Gasteiger partial charge < -0.3 is 4.90 Å². The topological polar surface area (TPSA) is 46.1 Å². The quantitative estimate of drug-likeness (QED) is 0.860. The largest absolute Gasteiger partial charge is 0.416 e. The number of hydrogen-bond donors (Lipinski definition) is 0. The molecule has 0 radical (unpaired) electrons. The molecule has 0 fully saturated rings. The van der Waals surface area contributed by atoms with Crippen molar-refractivity contribution in [1.82, 2.24) is 9.97 Å². The van der Waals surface area contributed by atoms with Gasteiger partial charge in [0.1, 0.15) is 6.33 Å². The Balaban J connectivity index is 2.32. The molecule has 8 heteroatoms. The normalized spacial score (nSPS) is 11.3. The number of carbonyl (C=O) groups is 1. The van der Waals surface area contributed by atoms with Crippen LogP contribution in [0.2, 0.25) is 5.02 Å². The summed E-state index contributed by atoms with van der Waals surface area (Å²) in [6.07, 6.45) is -1.96. The van der Waals surface area contributed by atoms with Crippen molar-refractivity contribution in [2.75, 3.05) is 11.4 Å². The van der Waals surface area contributed by atoms with E-state index in [0.717, 1.165) is 12.1 Å². The van der Waals surface area contributed by atoms with Crippen LogP contribution in [0, 0.1) is 0 Å². The van der Waals surface area contributed by atoms with Crippen LogP contribution < -0.4 is 4.90 Å². The molecule has 0 saturated carbocycles. The van der Waals surface area contributed by atoms with E-state index in [1.807, 2.05) is 0 Å². The fourth-order valence-corrected chi connectivity index (χ4v) is 2.06. The average molecular weight is 330 g/mol. The van der Waals surface area contributed by atoms with Gasteiger partial charge in [-0.2, -0.15) is 13.2 Å². The van der Waals surface area contributed by atoms with Crippen molar-refractivity contribution < 1.29 is 18.0 Å². The van der Waals surface area contributed by atoms with Crippen molar-refractivity contribution in [3.05, 3.63) is 53.1 Å². The smallest absolute Gasteiger partial charge is 0.307 e. The van der Waals surface area contributed by atoms with Crippen LogP contribution in [0.1, 0.15) is 23.0 Å². The number of halogens is 4. The summed E-state index contributed by atoms with van der Waals surface area (Å²) < 4.78 is 37.7. The Bertz CT molecular complexity index is 674.